The second-order valence-electron chi connectivity index (χ2n) is 16.9. The summed E-state index contributed by atoms with van der Waals surface area (Å²) < 4.78 is 13.6. The van der Waals surface area contributed by atoms with Crippen molar-refractivity contribution < 1.29 is 4.42 Å². The number of fused-ring (bicyclic) bond motifs is 12. The number of aromatic nitrogens is 3. The van der Waals surface area contributed by atoms with Crippen molar-refractivity contribution in [2.24, 2.45) is 0 Å². The van der Waals surface area contributed by atoms with Crippen molar-refractivity contribution in [2.45, 2.75) is 0 Å². The summed E-state index contributed by atoms with van der Waals surface area (Å²) in [5, 5.41) is 9.63. The molecule has 0 saturated carbocycles. The minimum atomic E-state index is 0.885. The van der Waals surface area contributed by atoms with Gasteiger partial charge in [0.15, 0.2) is 0 Å². The van der Waals surface area contributed by atoms with Crippen LogP contribution >= 0.6 is 0 Å². The molecule has 0 aliphatic carbocycles. The van der Waals surface area contributed by atoms with Crippen LogP contribution in [0.4, 0.5) is 0 Å². The summed E-state index contributed by atoms with van der Waals surface area (Å²) in [7, 11) is 0. The van der Waals surface area contributed by atoms with Gasteiger partial charge in [0.1, 0.15) is 11.2 Å². The van der Waals surface area contributed by atoms with Crippen molar-refractivity contribution in [1.82, 2.24) is 13.7 Å². The van der Waals surface area contributed by atoms with E-state index in [1.165, 1.54) is 65.5 Å². The molecule has 0 aliphatic heterocycles. The van der Waals surface area contributed by atoms with E-state index >= 15 is 0 Å². The van der Waals surface area contributed by atoms with E-state index in [9.17, 15) is 0 Å². The molecule has 0 unspecified atom stereocenters. The molecule has 10 aromatic carbocycles. The molecule has 14 rings (SSSR count). The number of benzene rings is 10. The van der Waals surface area contributed by atoms with Gasteiger partial charge >= 0.3 is 0 Å². The lowest BCUT2D eigenvalue weighted by atomic mass is 10.00. The van der Waals surface area contributed by atoms with Gasteiger partial charge in [0.2, 0.25) is 0 Å². The fraction of sp³-hybridized carbons (Fsp3) is 0. The smallest absolute Gasteiger partial charge is 0.135 e. The molecule has 64 heavy (non-hydrogen) atoms. The Hall–Kier alpha value is -8.60. The molecule has 4 heterocycles. The zero-order chi connectivity index (χ0) is 41.9. The highest BCUT2D eigenvalue weighted by molar-refractivity contribution is 6.14. The van der Waals surface area contributed by atoms with Gasteiger partial charge in [-0.25, -0.2) is 0 Å². The van der Waals surface area contributed by atoms with Crippen LogP contribution in [-0.2, 0) is 0 Å². The summed E-state index contributed by atoms with van der Waals surface area (Å²) in [5.41, 5.74) is 16.9. The molecular formula is C60H37N3O. The van der Waals surface area contributed by atoms with Gasteiger partial charge < -0.3 is 18.1 Å². The van der Waals surface area contributed by atoms with Crippen LogP contribution in [-0.4, -0.2) is 13.7 Å². The Kier molecular flexibility index (Phi) is 7.36. The van der Waals surface area contributed by atoms with Gasteiger partial charge in [-0.05, 0) is 107 Å². The summed E-state index contributed by atoms with van der Waals surface area (Å²) in [4.78, 5) is 0. The van der Waals surface area contributed by atoms with Crippen molar-refractivity contribution in [2.75, 3.05) is 0 Å². The molecule has 0 aliphatic rings. The van der Waals surface area contributed by atoms with E-state index in [4.69, 9.17) is 4.42 Å². The van der Waals surface area contributed by atoms with Gasteiger partial charge in [-0.1, -0.05) is 140 Å². The number of para-hydroxylation sites is 5. The van der Waals surface area contributed by atoms with E-state index < -0.39 is 0 Å². The van der Waals surface area contributed by atoms with Gasteiger partial charge in [-0.2, -0.15) is 0 Å². The molecular weight excluding hydrogens is 779 g/mol. The van der Waals surface area contributed by atoms with Crippen LogP contribution in [0.2, 0.25) is 0 Å². The first-order valence-electron chi connectivity index (χ1n) is 21.9. The van der Waals surface area contributed by atoms with E-state index in [-0.39, 0.29) is 0 Å². The lowest BCUT2D eigenvalue weighted by Gasteiger charge is -2.11. The monoisotopic (exact) mass is 815 g/mol. The lowest BCUT2D eigenvalue weighted by molar-refractivity contribution is 0.669. The van der Waals surface area contributed by atoms with E-state index in [1.807, 2.05) is 6.07 Å². The fourth-order valence-electron chi connectivity index (χ4n) is 10.5. The Labute approximate surface area is 367 Å². The van der Waals surface area contributed by atoms with Crippen molar-refractivity contribution >= 4 is 87.4 Å². The average molecular weight is 816 g/mol. The first kappa shape index (κ1) is 35.0. The summed E-state index contributed by atoms with van der Waals surface area (Å²) in [6, 6.07) is 81.7. The third-order valence-electron chi connectivity index (χ3n) is 13.4. The predicted octanol–water partition coefficient (Wildman–Crippen LogP) is 16.2. The van der Waals surface area contributed by atoms with E-state index in [0.717, 1.165) is 61.2 Å². The van der Waals surface area contributed by atoms with E-state index in [1.54, 1.807) is 0 Å². The number of nitrogens with zero attached hydrogens (tertiary/aromatic N) is 3. The normalized spacial score (nSPS) is 12.1. The predicted molar refractivity (Wildman–Crippen MR) is 268 cm³/mol. The highest BCUT2D eigenvalue weighted by atomic mass is 16.3. The molecule has 4 nitrogen and oxygen atoms in total. The highest BCUT2D eigenvalue weighted by Crippen LogP contribution is 2.42. The summed E-state index contributed by atoms with van der Waals surface area (Å²) in [5.74, 6) is 0. The molecule has 0 bridgehead atoms. The average Bonchev–Trinajstić information content (AvgIpc) is 4.09. The van der Waals surface area contributed by atoms with E-state index in [2.05, 4.69) is 232 Å². The molecule has 0 amide bonds. The number of furan rings is 1. The molecule has 0 saturated heterocycles. The Morgan fingerprint density at radius 3 is 1.05 bits per heavy atom. The van der Waals surface area contributed by atoms with E-state index in [0.29, 0.717) is 0 Å². The third-order valence-corrected chi connectivity index (χ3v) is 13.4. The van der Waals surface area contributed by atoms with Crippen molar-refractivity contribution in [3.8, 4) is 39.3 Å². The third kappa shape index (κ3) is 5.11. The minimum Gasteiger partial charge on any atom is -0.456 e. The lowest BCUT2D eigenvalue weighted by Crippen LogP contribution is -1.95. The Morgan fingerprint density at radius 2 is 0.578 bits per heavy atom. The standard InChI is InChI=1S/C60H37N3O/c1-3-13-42(14-4-1)61-53-20-10-7-17-45(53)47-28-23-38(33-55(47)61)40-25-30-49-50-31-26-41(39-24-29-48-46-18-8-11-21-54(46)62(56(48)34-39)43-15-5-2-6-16-43)36-58(50)63(57(49)35-40)44-27-32-60-52(37-44)51-19-9-12-22-59(51)64-60/h1-37H. The van der Waals surface area contributed by atoms with Gasteiger partial charge in [-0.3, -0.25) is 0 Å². The minimum absolute atomic E-state index is 0.885. The van der Waals surface area contributed by atoms with Gasteiger partial charge in [0, 0.05) is 60.2 Å². The maximum absolute atomic E-state index is 6.34. The molecule has 0 atom stereocenters. The zero-order valence-electron chi connectivity index (χ0n) is 34.6. The Balaban J connectivity index is 1.00. The van der Waals surface area contributed by atoms with Gasteiger partial charge in [0.05, 0.1) is 33.1 Å². The fourth-order valence-corrected chi connectivity index (χ4v) is 10.5. The molecule has 0 fully saturated rings. The van der Waals surface area contributed by atoms with Crippen molar-refractivity contribution in [3.63, 3.8) is 0 Å². The van der Waals surface area contributed by atoms with Gasteiger partial charge in [0.25, 0.3) is 0 Å². The molecule has 298 valence electrons. The SMILES string of the molecule is c1ccc(-n2c3ccccc3c3ccc(-c4ccc5c6ccc(-c7ccc8c9ccccc9n(-c9ccccc9)c8c7)cc6n(-c6ccc7oc8ccccc8c7c6)c5c4)cc32)cc1. The van der Waals surface area contributed by atoms with Crippen LogP contribution in [0.3, 0.4) is 0 Å². The topological polar surface area (TPSA) is 27.9 Å². The summed E-state index contributed by atoms with van der Waals surface area (Å²) >= 11 is 0. The second-order valence-corrected chi connectivity index (χ2v) is 16.9. The van der Waals surface area contributed by atoms with Crippen LogP contribution in [0.5, 0.6) is 0 Å². The number of hydrogen-bond acceptors (Lipinski definition) is 1. The molecule has 4 aromatic heterocycles. The molecule has 14 aromatic rings. The highest BCUT2D eigenvalue weighted by Gasteiger charge is 2.19. The molecule has 0 radical (unpaired) electrons. The quantitative estimate of drug-likeness (QED) is 0.170. The Bertz CT molecular complexity index is 3970. The zero-order valence-corrected chi connectivity index (χ0v) is 34.6. The van der Waals surface area contributed by atoms with Crippen LogP contribution < -0.4 is 0 Å². The van der Waals surface area contributed by atoms with Crippen LogP contribution in [0.1, 0.15) is 0 Å². The number of rotatable bonds is 5. The first-order chi connectivity index (χ1) is 31.7. The molecule has 0 spiro atoms. The summed E-state index contributed by atoms with van der Waals surface area (Å²) in [6.07, 6.45) is 0. The maximum Gasteiger partial charge on any atom is 0.135 e. The van der Waals surface area contributed by atoms with Crippen molar-refractivity contribution in [3.05, 3.63) is 224 Å². The van der Waals surface area contributed by atoms with Gasteiger partial charge in [-0.15, -0.1) is 0 Å². The Morgan fingerprint density at radius 1 is 0.219 bits per heavy atom. The van der Waals surface area contributed by atoms with Crippen LogP contribution in [0, 0.1) is 0 Å². The number of hydrogen-bond donors (Lipinski definition) is 0. The largest absolute Gasteiger partial charge is 0.456 e. The van der Waals surface area contributed by atoms with Crippen molar-refractivity contribution in [1.29, 1.82) is 0 Å². The van der Waals surface area contributed by atoms with Crippen LogP contribution in [0.25, 0.3) is 127 Å². The maximum atomic E-state index is 6.34. The molecule has 4 heteroatoms. The molecule has 0 N–H and O–H groups in total. The summed E-state index contributed by atoms with van der Waals surface area (Å²) in [6.45, 7) is 0. The first-order valence-corrected chi connectivity index (χ1v) is 21.9. The second kappa shape index (κ2) is 13.4. The van der Waals surface area contributed by atoms with Crippen LogP contribution in [0.15, 0.2) is 229 Å².